The van der Waals surface area contributed by atoms with Crippen molar-refractivity contribution in [1.82, 2.24) is 19.4 Å². The molecule has 49 heavy (non-hydrogen) atoms. The fourth-order valence-electron chi connectivity index (χ4n) is 7.30. The van der Waals surface area contributed by atoms with Gasteiger partial charge in [0, 0.05) is 50.2 Å². The Balaban J connectivity index is 1.20. The monoisotopic (exact) mass is 705 g/mol. The molecule has 1 aromatic heterocycles. The minimum absolute atomic E-state index is 0.0765. The summed E-state index contributed by atoms with van der Waals surface area (Å²) in [5, 5.41) is 1.05. The molecule has 3 heterocycles. The molecule has 0 radical (unpaired) electrons. The molecule has 2 aliphatic rings. The van der Waals surface area contributed by atoms with Gasteiger partial charge < -0.3 is 33.5 Å². The predicted molar refractivity (Wildman–Crippen MR) is 197 cm³/mol. The van der Waals surface area contributed by atoms with E-state index in [0.717, 1.165) is 81.1 Å². The number of anilines is 1. The molecule has 2 aliphatic heterocycles. The zero-order valence-corrected chi connectivity index (χ0v) is 30.3. The Bertz CT molecular complexity index is 1800. The van der Waals surface area contributed by atoms with Crippen LogP contribution in [0.2, 0.25) is 10.0 Å². The summed E-state index contributed by atoms with van der Waals surface area (Å²) in [7, 11) is 4.66. The van der Waals surface area contributed by atoms with Crippen LogP contribution < -0.4 is 19.1 Å². The quantitative estimate of drug-likeness (QED) is 0.151. The third-order valence-corrected chi connectivity index (χ3v) is 10.8. The highest BCUT2D eigenvalue weighted by Gasteiger charge is 2.42. The molecule has 2 fully saturated rings. The molecule has 9 nitrogen and oxygen atoms in total. The molecular weight excluding hydrogens is 661 g/mol. The lowest BCUT2D eigenvalue weighted by atomic mass is 9.76. The second-order valence-corrected chi connectivity index (χ2v) is 13.6. The fraction of sp³-hybridized carbons (Fsp3) is 0.421. The number of hydrogen-bond acceptors (Lipinski definition) is 7. The molecule has 4 aromatic rings. The number of ether oxygens (including phenoxy) is 3. The number of likely N-dealkylation sites (tertiary alicyclic amines) is 1. The summed E-state index contributed by atoms with van der Waals surface area (Å²) in [6, 6.07) is 17.7. The van der Waals surface area contributed by atoms with Crippen molar-refractivity contribution in [1.29, 1.82) is 0 Å². The Morgan fingerprint density at radius 1 is 0.918 bits per heavy atom. The fourth-order valence-corrected chi connectivity index (χ4v) is 7.60. The minimum atomic E-state index is -0.281. The van der Waals surface area contributed by atoms with Crippen LogP contribution in [0.1, 0.15) is 42.1 Å². The van der Waals surface area contributed by atoms with Crippen LogP contribution in [0.15, 0.2) is 66.7 Å². The van der Waals surface area contributed by atoms with Gasteiger partial charge in [-0.2, -0.15) is 0 Å². The van der Waals surface area contributed by atoms with Crippen LogP contribution in [0.4, 0.5) is 5.95 Å². The van der Waals surface area contributed by atoms with E-state index in [0.29, 0.717) is 45.9 Å². The Morgan fingerprint density at radius 2 is 1.69 bits per heavy atom. The Morgan fingerprint density at radius 3 is 2.41 bits per heavy atom. The number of imidazole rings is 1. The van der Waals surface area contributed by atoms with Crippen LogP contribution in [0.25, 0.3) is 11.0 Å². The molecule has 0 bridgehead atoms. The predicted octanol–water partition coefficient (Wildman–Crippen LogP) is 7.33. The van der Waals surface area contributed by atoms with E-state index >= 15 is 0 Å². The molecule has 1 atom stereocenters. The number of nitrogens with zero attached hydrogens (tertiary/aromatic N) is 5. The van der Waals surface area contributed by atoms with Gasteiger partial charge in [0.05, 0.1) is 42.4 Å². The van der Waals surface area contributed by atoms with E-state index in [9.17, 15) is 4.79 Å². The van der Waals surface area contributed by atoms with Gasteiger partial charge in [0.25, 0.3) is 5.91 Å². The Kier molecular flexibility index (Phi) is 10.9. The lowest BCUT2D eigenvalue weighted by Gasteiger charge is -2.33. The molecular formula is C38H45Cl2N5O4. The largest absolute Gasteiger partial charge is 0.493 e. The van der Waals surface area contributed by atoms with Crippen LogP contribution in [0, 0.1) is 0 Å². The zero-order valence-electron chi connectivity index (χ0n) is 28.8. The summed E-state index contributed by atoms with van der Waals surface area (Å²) in [5.74, 6) is 2.32. The highest BCUT2D eigenvalue weighted by molar-refractivity contribution is 6.42. The van der Waals surface area contributed by atoms with Crippen molar-refractivity contribution in [3.63, 3.8) is 0 Å². The summed E-state index contributed by atoms with van der Waals surface area (Å²) in [6.07, 6.45) is 7.01. The van der Waals surface area contributed by atoms with Crippen LogP contribution in [-0.2, 0) is 12.0 Å². The Hall–Kier alpha value is -3.92. The summed E-state index contributed by atoms with van der Waals surface area (Å²) in [5.41, 5.74) is 3.51. The maximum absolute atomic E-state index is 14.0. The Labute approximate surface area is 298 Å². The molecule has 6 rings (SSSR count). The second kappa shape index (κ2) is 15.3. The standard InChI is InChI=1S/C38H45Cl2N5O4/c1-5-6-18-45-32-11-8-7-10-31(32)41-37(45)43-17-9-16-42(21-22-43)19-14-38(28-12-13-29(39)30(40)25-28)15-20-44(26-38)36(46)27-23-33(47-2)35(49-4)34(24-27)48-3/h5-8,10-13,23-25H,9,14-22,26H2,1-4H3. The maximum atomic E-state index is 14.0. The maximum Gasteiger partial charge on any atom is 0.254 e. The number of amides is 1. The summed E-state index contributed by atoms with van der Waals surface area (Å²) in [6.45, 7) is 8.70. The number of carbonyl (C=O) groups is 1. The molecule has 0 N–H and O–H groups in total. The SMILES string of the molecule is CC=CCn1c(N2CCCN(CCC3(c4ccc(Cl)c(Cl)c4)CCN(C(=O)c4cc(OC)c(OC)c(OC)c4)C3)CC2)nc2ccccc21. The first-order valence-corrected chi connectivity index (χ1v) is 17.6. The third kappa shape index (κ3) is 7.21. The van der Waals surface area contributed by atoms with Crippen molar-refractivity contribution >= 4 is 46.1 Å². The number of benzene rings is 3. The molecule has 1 unspecified atom stereocenters. The molecule has 1 amide bonds. The van der Waals surface area contributed by atoms with E-state index < -0.39 is 0 Å². The van der Waals surface area contributed by atoms with E-state index in [-0.39, 0.29) is 11.3 Å². The highest BCUT2D eigenvalue weighted by Crippen LogP contribution is 2.42. The van der Waals surface area contributed by atoms with Crippen LogP contribution in [0.3, 0.4) is 0 Å². The van der Waals surface area contributed by atoms with Gasteiger partial charge >= 0.3 is 0 Å². The van der Waals surface area contributed by atoms with Gasteiger partial charge in [-0.25, -0.2) is 4.98 Å². The van der Waals surface area contributed by atoms with E-state index in [2.05, 4.69) is 63.8 Å². The smallest absolute Gasteiger partial charge is 0.254 e. The van der Waals surface area contributed by atoms with Crippen molar-refractivity contribution in [2.45, 2.75) is 38.1 Å². The number of carbonyl (C=O) groups excluding carboxylic acids is 1. The highest BCUT2D eigenvalue weighted by atomic mass is 35.5. The summed E-state index contributed by atoms with van der Waals surface area (Å²) >= 11 is 12.9. The van der Waals surface area contributed by atoms with Gasteiger partial charge in [0.15, 0.2) is 11.5 Å². The van der Waals surface area contributed by atoms with Gasteiger partial charge in [0.2, 0.25) is 11.7 Å². The minimum Gasteiger partial charge on any atom is -0.493 e. The molecule has 3 aromatic carbocycles. The van der Waals surface area contributed by atoms with Crippen LogP contribution >= 0.6 is 23.2 Å². The van der Waals surface area contributed by atoms with Crippen LogP contribution in [-0.4, -0.2) is 92.4 Å². The van der Waals surface area contributed by atoms with Crippen molar-refractivity contribution in [2.75, 3.05) is 72.0 Å². The number of aromatic nitrogens is 2. The van der Waals surface area contributed by atoms with Crippen molar-refractivity contribution in [2.24, 2.45) is 0 Å². The number of halogens is 2. The molecule has 0 aliphatic carbocycles. The first-order chi connectivity index (χ1) is 23.8. The number of fused-ring (bicyclic) bond motifs is 1. The van der Waals surface area contributed by atoms with Crippen molar-refractivity contribution in [3.8, 4) is 17.2 Å². The number of para-hydroxylation sites is 2. The lowest BCUT2D eigenvalue weighted by Crippen LogP contribution is -2.39. The number of allylic oxidation sites excluding steroid dienone is 2. The molecule has 11 heteroatoms. The molecule has 260 valence electrons. The average Bonchev–Trinajstić information content (AvgIpc) is 3.64. The molecule has 0 saturated carbocycles. The zero-order chi connectivity index (χ0) is 34.5. The lowest BCUT2D eigenvalue weighted by molar-refractivity contribution is 0.0780. The second-order valence-electron chi connectivity index (χ2n) is 12.8. The molecule has 0 spiro atoms. The average molecular weight is 707 g/mol. The topological polar surface area (TPSA) is 72.3 Å². The first kappa shape index (κ1) is 34.9. The van der Waals surface area contributed by atoms with E-state index in [1.807, 2.05) is 17.0 Å². The number of methoxy groups -OCH3 is 3. The van der Waals surface area contributed by atoms with Gasteiger partial charge in [-0.15, -0.1) is 0 Å². The number of rotatable bonds is 11. The third-order valence-electron chi connectivity index (χ3n) is 10.0. The summed E-state index contributed by atoms with van der Waals surface area (Å²) in [4.78, 5) is 26.0. The number of hydrogen-bond donors (Lipinski definition) is 0. The van der Waals surface area contributed by atoms with Gasteiger partial charge in [-0.3, -0.25) is 4.79 Å². The van der Waals surface area contributed by atoms with Gasteiger partial charge in [-0.1, -0.05) is 53.6 Å². The van der Waals surface area contributed by atoms with Gasteiger partial charge in [0.1, 0.15) is 0 Å². The van der Waals surface area contributed by atoms with E-state index in [1.54, 1.807) is 33.5 Å². The normalized spacial score (nSPS) is 18.7. The van der Waals surface area contributed by atoms with Crippen molar-refractivity contribution < 1.29 is 19.0 Å². The first-order valence-electron chi connectivity index (χ1n) is 16.9. The van der Waals surface area contributed by atoms with Crippen LogP contribution in [0.5, 0.6) is 17.2 Å². The van der Waals surface area contributed by atoms with E-state index in [4.69, 9.17) is 42.4 Å². The van der Waals surface area contributed by atoms with Crippen molar-refractivity contribution in [3.05, 3.63) is 87.9 Å². The molecule has 2 saturated heterocycles. The van der Waals surface area contributed by atoms with E-state index in [1.165, 1.54) is 0 Å². The van der Waals surface area contributed by atoms with Gasteiger partial charge in [-0.05, 0) is 81.2 Å². The summed E-state index contributed by atoms with van der Waals surface area (Å²) < 4.78 is 18.9.